The van der Waals surface area contributed by atoms with E-state index in [1.165, 1.54) is 19.3 Å². The van der Waals surface area contributed by atoms with Crippen molar-refractivity contribution >= 4 is 10.2 Å². The van der Waals surface area contributed by atoms with Crippen LogP contribution in [0.1, 0.15) is 40.0 Å². The lowest BCUT2D eigenvalue weighted by Crippen LogP contribution is -2.04. The summed E-state index contributed by atoms with van der Waals surface area (Å²) in [5, 5.41) is 0.620. The van der Waals surface area contributed by atoms with E-state index >= 15 is 0 Å². The maximum absolute atomic E-state index is 2.34. The van der Waals surface area contributed by atoms with Gasteiger partial charge in [-0.25, -0.2) is 0 Å². The van der Waals surface area contributed by atoms with Gasteiger partial charge in [-0.15, -0.1) is 0 Å². The second kappa shape index (κ2) is 3.28. The molecule has 0 aromatic heterocycles. The van der Waals surface area contributed by atoms with Crippen molar-refractivity contribution in [2.24, 2.45) is 0 Å². The zero-order valence-corrected chi connectivity index (χ0v) is 7.74. The van der Waals surface area contributed by atoms with Crippen molar-refractivity contribution in [3.05, 3.63) is 0 Å². The maximum Gasteiger partial charge on any atom is 0.0159 e. The fraction of sp³-hybridized carbons (Fsp3) is 1.00. The van der Waals surface area contributed by atoms with Gasteiger partial charge >= 0.3 is 0 Å². The Bertz CT molecular complexity index is 57.4. The molecule has 0 amide bonds. The summed E-state index contributed by atoms with van der Waals surface area (Å²) in [6.45, 7) is 6.86. The molecule has 49 valence electrons. The van der Waals surface area contributed by atoms with Gasteiger partial charge in [0.2, 0.25) is 0 Å². The highest BCUT2D eigenvalue weighted by molar-refractivity contribution is 6.14. The number of rotatable bonds is 3. The SMILES string of the molecule is CCCC(C)([SiH2])CC. The summed E-state index contributed by atoms with van der Waals surface area (Å²) >= 11 is 0. The molecule has 0 bridgehead atoms. The van der Waals surface area contributed by atoms with E-state index in [4.69, 9.17) is 0 Å². The topological polar surface area (TPSA) is 0 Å². The molecule has 1 heteroatoms. The molecular formula is C7H17Si. The van der Waals surface area contributed by atoms with Gasteiger partial charge in [0.25, 0.3) is 0 Å². The van der Waals surface area contributed by atoms with Crippen molar-refractivity contribution in [2.75, 3.05) is 0 Å². The van der Waals surface area contributed by atoms with Crippen LogP contribution in [0.25, 0.3) is 0 Å². The molecule has 0 heterocycles. The standard InChI is InChI=1S/C7H17Si/c1-4-6-7(3,8)5-2/h4-6,8H2,1-3H3. The van der Waals surface area contributed by atoms with Crippen LogP contribution in [-0.2, 0) is 0 Å². The Morgan fingerprint density at radius 3 is 2.00 bits per heavy atom. The molecule has 0 nitrogen and oxygen atoms in total. The first kappa shape index (κ1) is 8.22. The maximum atomic E-state index is 2.34. The summed E-state index contributed by atoms with van der Waals surface area (Å²) in [6.07, 6.45) is 4.02. The quantitative estimate of drug-likeness (QED) is 0.511. The molecule has 0 aromatic carbocycles. The summed E-state index contributed by atoms with van der Waals surface area (Å²) < 4.78 is 0. The Kier molecular flexibility index (Phi) is 3.37. The lowest BCUT2D eigenvalue weighted by Gasteiger charge is -2.20. The number of hydrogen-bond acceptors (Lipinski definition) is 0. The highest BCUT2D eigenvalue weighted by Crippen LogP contribution is 2.30. The molecule has 1 radical (unpaired) electrons. The molecular weight excluding hydrogens is 112 g/mol. The Morgan fingerprint density at radius 1 is 1.38 bits per heavy atom. The third-order valence-electron chi connectivity index (χ3n) is 1.71. The monoisotopic (exact) mass is 129 g/mol. The van der Waals surface area contributed by atoms with Crippen LogP contribution in [0.5, 0.6) is 0 Å². The van der Waals surface area contributed by atoms with Crippen molar-refractivity contribution in [3.8, 4) is 0 Å². The van der Waals surface area contributed by atoms with Gasteiger partial charge in [-0.1, -0.05) is 40.0 Å². The minimum Gasteiger partial charge on any atom is -0.0654 e. The number of hydrogen-bond donors (Lipinski definition) is 0. The molecule has 1 atom stereocenters. The van der Waals surface area contributed by atoms with Gasteiger partial charge in [0.05, 0.1) is 0 Å². The van der Waals surface area contributed by atoms with E-state index in [0.717, 1.165) is 0 Å². The van der Waals surface area contributed by atoms with E-state index in [1.54, 1.807) is 0 Å². The first-order valence-corrected chi connectivity index (χ1v) is 4.18. The zero-order chi connectivity index (χ0) is 6.62. The van der Waals surface area contributed by atoms with Crippen molar-refractivity contribution in [3.63, 3.8) is 0 Å². The van der Waals surface area contributed by atoms with Crippen LogP contribution in [-0.4, -0.2) is 10.2 Å². The van der Waals surface area contributed by atoms with Crippen molar-refractivity contribution in [2.45, 2.75) is 45.1 Å². The van der Waals surface area contributed by atoms with E-state index in [0.29, 0.717) is 5.04 Å². The summed E-state index contributed by atoms with van der Waals surface area (Å²) in [7, 11) is 2.14. The second-order valence-electron chi connectivity index (χ2n) is 2.91. The van der Waals surface area contributed by atoms with E-state index in [1.807, 2.05) is 0 Å². The van der Waals surface area contributed by atoms with E-state index in [9.17, 15) is 0 Å². The van der Waals surface area contributed by atoms with Crippen LogP contribution < -0.4 is 0 Å². The van der Waals surface area contributed by atoms with Gasteiger partial charge in [-0.3, -0.25) is 0 Å². The highest BCUT2D eigenvalue weighted by atomic mass is 28.1. The third-order valence-corrected chi connectivity index (χ3v) is 2.56. The van der Waals surface area contributed by atoms with Crippen LogP contribution in [0.15, 0.2) is 0 Å². The van der Waals surface area contributed by atoms with Gasteiger partial charge in [-0.2, -0.15) is 0 Å². The van der Waals surface area contributed by atoms with Crippen LogP contribution in [0.3, 0.4) is 0 Å². The smallest absolute Gasteiger partial charge is 0.0159 e. The van der Waals surface area contributed by atoms with Gasteiger partial charge in [0.1, 0.15) is 0 Å². The fourth-order valence-electron chi connectivity index (χ4n) is 0.780. The van der Waals surface area contributed by atoms with Crippen molar-refractivity contribution in [1.82, 2.24) is 0 Å². The van der Waals surface area contributed by atoms with Gasteiger partial charge in [0.15, 0.2) is 0 Å². The van der Waals surface area contributed by atoms with Crippen LogP contribution in [0.2, 0.25) is 5.04 Å². The van der Waals surface area contributed by atoms with E-state index in [2.05, 4.69) is 31.0 Å². The lowest BCUT2D eigenvalue weighted by molar-refractivity contribution is 0.534. The molecule has 0 N–H and O–H groups in total. The minimum absolute atomic E-state index is 0.620. The molecule has 0 rings (SSSR count). The molecule has 0 aliphatic heterocycles. The molecule has 1 unspecified atom stereocenters. The molecule has 0 spiro atoms. The van der Waals surface area contributed by atoms with Gasteiger partial charge in [0, 0.05) is 10.2 Å². The molecule has 0 aliphatic rings. The first-order chi connectivity index (χ1) is 3.62. The zero-order valence-electron chi connectivity index (χ0n) is 6.33. The Balaban J connectivity index is 3.37. The minimum atomic E-state index is 0.620. The molecule has 0 aliphatic carbocycles. The summed E-state index contributed by atoms with van der Waals surface area (Å²) in [4.78, 5) is 0. The molecule has 0 aromatic rings. The molecule has 0 saturated carbocycles. The lowest BCUT2D eigenvalue weighted by atomic mass is 10.0. The Labute approximate surface area is 56.1 Å². The summed E-state index contributed by atoms with van der Waals surface area (Å²) in [5.41, 5.74) is 0. The highest BCUT2D eigenvalue weighted by Gasteiger charge is 2.11. The molecule has 0 fully saturated rings. The van der Waals surface area contributed by atoms with Crippen LogP contribution in [0, 0.1) is 0 Å². The predicted octanol–water partition coefficient (Wildman–Crippen LogP) is 2.01. The average molecular weight is 129 g/mol. The van der Waals surface area contributed by atoms with Gasteiger partial charge < -0.3 is 0 Å². The average Bonchev–Trinajstić information content (AvgIpc) is 1.67. The fourth-order valence-corrected chi connectivity index (χ4v) is 1.13. The second-order valence-corrected chi connectivity index (χ2v) is 4.62. The summed E-state index contributed by atoms with van der Waals surface area (Å²) in [5.74, 6) is 0. The Morgan fingerprint density at radius 2 is 1.88 bits per heavy atom. The van der Waals surface area contributed by atoms with E-state index < -0.39 is 0 Å². The molecule has 8 heavy (non-hydrogen) atoms. The predicted molar refractivity (Wildman–Crippen MR) is 42.1 cm³/mol. The van der Waals surface area contributed by atoms with Gasteiger partial charge in [-0.05, 0) is 5.04 Å². The normalized spacial score (nSPS) is 18.0. The molecule has 0 saturated heterocycles. The van der Waals surface area contributed by atoms with Crippen LogP contribution >= 0.6 is 0 Å². The van der Waals surface area contributed by atoms with Crippen molar-refractivity contribution in [1.29, 1.82) is 0 Å². The van der Waals surface area contributed by atoms with E-state index in [-0.39, 0.29) is 0 Å². The van der Waals surface area contributed by atoms with Crippen molar-refractivity contribution < 1.29 is 0 Å². The largest absolute Gasteiger partial charge is 0.0654 e. The Hall–Kier alpha value is 0.217. The third kappa shape index (κ3) is 3.25. The van der Waals surface area contributed by atoms with Crippen LogP contribution in [0.4, 0.5) is 0 Å². The summed E-state index contributed by atoms with van der Waals surface area (Å²) in [6, 6.07) is 0. The first-order valence-electron chi connectivity index (χ1n) is 3.47.